The van der Waals surface area contributed by atoms with Crippen LogP contribution in [0.15, 0.2) is 47.7 Å². The van der Waals surface area contributed by atoms with E-state index in [1.54, 1.807) is 30.9 Å². The summed E-state index contributed by atoms with van der Waals surface area (Å²) in [5.41, 5.74) is 1.83. The average Bonchev–Trinajstić information content (AvgIpc) is 3.61. The van der Waals surface area contributed by atoms with Gasteiger partial charge in [0.1, 0.15) is 6.26 Å². The molecule has 0 atom stereocenters. The number of aromatic amines is 1. The molecule has 33 heavy (non-hydrogen) atoms. The van der Waals surface area contributed by atoms with Crippen LogP contribution < -0.4 is 5.32 Å². The quantitative estimate of drug-likeness (QED) is 0.438. The van der Waals surface area contributed by atoms with Crippen LogP contribution in [0.1, 0.15) is 49.1 Å². The van der Waals surface area contributed by atoms with Crippen LogP contribution in [0, 0.1) is 0 Å². The third kappa shape index (κ3) is 4.53. The molecular formula is C22H24N8O3. The van der Waals surface area contributed by atoms with Gasteiger partial charge in [-0.05, 0) is 38.7 Å². The Bertz CT molecular complexity index is 1190. The van der Waals surface area contributed by atoms with E-state index in [4.69, 9.17) is 14.3 Å². The summed E-state index contributed by atoms with van der Waals surface area (Å²) >= 11 is 0. The maximum absolute atomic E-state index is 12.9. The van der Waals surface area contributed by atoms with Crippen molar-refractivity contribution >= 4 is 11.6 Å². The largest absolute Gasteiger partial charge is 0.444 e. The molecule has 170 valence electrons. The van der Waals surface area contributed by atoms with Gasteiger partial charge in [0, 0.05) is 31.4 Å². The monoisotopic (exact) mass is 448 g/mol. The molecule has 0 saturated heterocycles. The van der Waals surface area contributed by atoms with Gasteiger partial charge < -0.3 is 14.5 Å². The third-order valence-electron chi connectivity index (χ3n) is 5.66. The lowest BCUT2D eigenvalue weighted by atomic mass is 9.93. The number of anilines is 1. The number of hydrogen-bond donors (Lipinski definition) is 2. The molecule has 4 aromatic rings. The minimum Gasteiger partial charge on any atom is -0.444 e. The zero-order valence-corrected chi connectivity index (χ0v) is 18.1. The van der Waals surface area contributed by atoms with Gasteiger partial charge in [0.2, 0.25) is 5.89 Å². The fourth-order valence-electron chi connectivity index (χ4n) is 4.03. The lowest BCUT2D eigenvalue weighted by Crippen LogP contribution is -2.24. The molecule has 0 bridgehead atoms. The van der Waals surface area contributed by atoms with Crippen LogP contribution >= 0.6 is 0 Å². The molecule has 0 spiro atoms. The van der Waals surface area contributed by atoms with Crippen molar-refractivity contribution in [1.29, 1.82) is 0 Å². The summed E-state index contributed by atoms with van der Waals surface area (Å²) in [6.07, 6.45) is 13.8. The van der Waals surface area contributed by atoms with Crippen molar-refractivity contribution in [3.05, 3.63) is 49.0 Å². The molecule has 1 aliphatic carbocycles. The van der Waals surface area contributed by atoms with E-state index in [0.29, 0.717) is 34.8 Å². The van der Waals surface area contributed by atoms with Crippen LogP contribution in [0.25, 0.3) is 23.0 Å². The van der Waals surface area contributed by atoms with E-state index in [1.165, 1.54) is 6.26 Å². The topological polar surface area (TPSA) is 137 Å². The summed E-state index contributed by atoms with van der Waals surface area (Å²) < 4.78 is 13.1. The summed E-state index contributed by atoms with van der Waals surface area (Å²) in [5, 5.41) is 14.2. The second-order valence-electron chi connectivity index (χ2n) is 7.81. The fourth-order valence-corrected chi connectivity index (χ4v) is 4.03. The van der Waals surface area contributed by atoms with Gasteiger partial charge >= 0.3 is 0 Å². The van der Waals surface area contributed by atoms with Gasteiger partial charge in [-0.25, -0.2) is 15.0 Å². The third-order valence-corrected chi connectivity index (χ3v) is 5.66. The van der Waals surface area contributed by atoms with Crippen molar-refractivity contribution in [3.8, 4) is 23.0 Å². The van der Waals surface area contributed by atoms with Crippen LogP contribution in [0.4, 0.5) is 5.69 Å². The highest BCUT2D eigenvalue weighted by Gasteiger charge is 2.26. The van der Waals surface area contributed by atoms with E-state index in [0.717, 1.165) is 32.3 Å². The van der Waals surface area contributed by atoms with E-state index in [-0.39, 0.29) is 11.7 Å². The molecule has 1 aliphatic rings. The van der Waals surface area contributed by atoms with Gasteiger partial charge in [0.05, 0.1) is 29.6 Å². The Kier molecular flexibility index (Phi) is 5.94. The van der Waals surface area contributed by atoms with Gasteiger partial charge in [-0.1, -0.05) is 0 Å². The number of hydrogen-bond acceptors (Lipinski definition) is 8. The molecule has 11 nitrogen and oxygen atoms in total. The predicted molar refractivity (Wildman–Crippen MR) is 118 cm³/mol. The lowest BCUT2D eigenvalue weighted by molar-refractivity contribution is 0.0260. The first kappa shape index (κ1) is 21.0. The van der Waals surface area contributed by atoms with Crippen molar-refractivity contribution in [3.63, 3.8) is 0 Å². The number of nitrogens with zero attached hydrogens (tertiary/aromatic N) is 6. The fraction of sp³-hybridized carbons (Fsp3) is 0.364. The van der Waals surface area contributed by atoms with E-state index in [9.17, 15) is 4.79 Å². The first-order valence-electron chi connectivity index (χ1n) is 11.0. The normalized spacial score (nSPS) is 18.3. The SMILES string of the molecule is CCO[C@H]1CC[C@H](n2cc(NC(=O)c3coc(-c4cn[nH]c4)n3)c(-c3ncccn3)n2)CC1. The summed E-state index contributed by atoms with van der Waals surface area (Å²) in [6, 6.07) is 1.95. The Morgan fingerprint density at radius 1 is 1.27 bits per heavy atom. The molecule has 1 amide bonds. The van der Waals surface area contributed by atoms with Crippen molar-refractivity contribution in [1.82, 2.24) is 34.9 Å². The van der Waals surface area contributed by atoms with Gasteiger partial charge in [0.25, 0.3) is 5.91 Å². The molecule has 4 aromatic heterocycles. The Morgan fingerprint density at radius 3 is 2.82 bits per heavy atom. The highest BCUT2D eigenvalue weighted by molar-refractivity contribution is 6.04. The first-order valence-corrected chi connectivity index (χ1v) is 11.0. The van der Waals surface area contributed by atoms with E-state index in [1.807, 2.05) is 17.8 Å². The van der Waals surface area contributed by atoms with Crippen LogP contribution in [0.2, 0.25) is 0 Å². The van der Waals surface area contributed by atoms with Gasteiger partial charge in [-0.2, -0.15) is 10.2 Å². The van der Waals surface area contributed by atoms with E-state index >= 15 is 0 Å². The second-order valence-corrected chi connectivity index (χ2v) is 7.81. The van der Waals surface area contributed by atoms with Crippen LogP contribution in [-0.2, 0) is 4.74 Å². The molecule has 1 saturated carbocycles. The Balaban J connectivity index is 1.38. The average molecular weight is 448 g/mol. The number of H-pyrrole nitrogens is 1. The number of aromatic nitrogens is 7. The Labute approximate surface area is 189 Å². The molecule has 5 rings (SSSR count). The van der Waals surface area contributed by atoms with Crippen molar-refractivity contribution in [2.75, 3.05) is 11.9 Å². The number of rotatable bonds is 7. The summed E-state index contributed by atoms with van der Waals surface area (Å²) in [4.78, 5) is 25.8. The van der Waals surface area contributed by atoms with Gasteiger partial charge in [0.15, 0.2) is 17.2 Å². The molecule has 4 heterocycles. The first-order chi connectivity index (χ1) is 16.2. The standard InChI is InChI=1S/C22H24N8O3/c1-2-32-16-6-4-15(5-7-16)30-12-17(19(29-30)20-23-8-3-9-24-20)27-21(31)18-13-33-22(28-18)14-10-25-26-11-14/h3,8-13,15-16H,2,4-7H2,1H3,(H,25,26)(H,27,31)/t15-,16-. The lowest BCUT2D eigenvalue weighted by Gasteiger charge is -2.28. The Hall–Kier alpha value is -3.86. The molecule has 0 radical (unpaired) electrons. The summed E-state index contributed by atoms with van der Waals surface area (Å²) in [7, 11) is 0. The number of oxazole rings is 1. The van der Waals surface area contributed by atoms with Gasteiger partial charge in [-0.3, -0.25) is 14.6 Å². The van der Waals surface area contributed by atoms with Crippen LogP contribution in [0.5, 0.6) is 0 Å². The van der Waals surface area contributed by atoms with Gasteiger partial charge in [-0.15, -0.1) is 0 Å². The minimum absolute atomic E-state index is 0.149. The molecule has 1 fully saturated rings. The van der Waals surface area contributed by atoms with Crippen molar-refractivity contribution in [2.24, 2.45) is 0 Å². The highest BCUT2D eigenvalue weighted by atomic mass is 16.5. The molecule has 0 unspecified atom stereocenters. The maximum atomic E-state index is 12.9. The zero-order chi connectivity index (χ0) is 22.6. The summed E-state index contributed by atoms with van der Waals surface area (Å²) in [6.45, 7) is 2.75. The van der Waals surface area contributed by atoms with Crippen LogP contribution in [-0.4, -0.2) is 53.5 Å². The smallest absolute Gasteiger partial charge is 0.277 e. The van der Waals surface area contributed by atoms with E-state index in [2.05, 4.69) is 30.5 Å². The number of nitrogens with one attached hydrogen (secondary N) is 2. The molecule has 2 N–H and O–H groups in total. The maximum Gasteiger partial charge on any atom is 0.277 e. The highest BCUT2D eigenvalue weighted by Crippen LogP contribution is 2.33. The van der Waals surface area contributed by atoms with Crippen molar-refractivity contribution in [2.45, 2.75) is 44.8 Å². The molecule has 0 aliphatic heterocycles. The van der Waals surface area contributed by atoms with E-state index < -0.39 is 5.91 Å². The molecule has 0 aromatic carbocycles. The number of carbonyl (C=O) groups is 1. The number of amides is 1. The van der Waals surface area contributed by atoms with Crippen LogP contribution in [0.3, 0.4) is 0 Å². The van der Waals surface area contributed by atoms with Crippen molar-refractivity contribution < 1.29 is 13.9 Å². The summed E-state index contributed by atoms with van der Waals surface area (Å²) in [5.74, 6) is 0.335. The molecule has 11 heteroatoms. The second kappa shape index (κ2) is 9.33. The predicted octanol–water partition coefficient (Wildman–Crippen LogP) is 3.49. The Morgan fingerprint density at radius 2 is 2.09 bits per heavy atom. The minimum atomic E-state index is -0.412. The number of carbonyl (C=O) groups excluding carboxylic acids is 1. The molecular weight excluding hydrogens is 424 g/mol. The number of ether oxygens (including phenoxy) is 1. The zero-order valence-electron chi connectivity index (χ0n) is 18.1.